The summed E-state index contributed by atoms with van der Waals surface area (Å²) in [5, 5.41) is 2.60. The van der Waals surface area contributed by atoms with Crippen LogP contribution in [-0.2, 0) is 38.3 Å². The van der Waals surface area contributed by atoms with Crippen LogP contribution in [0.5, 0.6) is 0 Å². The maximum Gasteiger partial charge on any atom is 0.355 e. The smallest absolute Gasteiger partial charge is 0.355 e. The second-order valence-electron chi connectivity index (χ2n) is 12.1. The number of piperidine rings is 1. The summed E-state index contributed by atoms with van der Waals surface area (Å²) in [6, 6.07) is 26.1. The number of nitrogens with zero attached hydrogens (tertiary/aromatic N) is 3. The van der Waals surface area contributed by atoms with E-state index in [1.54, 1.807) is 19.2 Å². The number of methoxy groups -OCH3 is 1. The van der Waals surface area contributed by atoms with E-state index in [9.17, 15) is 13.2 Å². The topological polar surface area (TPSA) is 129 Å². The minimum Gasteiger partial charge on any atom is -0.461 e. The van der Waals surface area contributed by atoms with Gasteiger partial charge in [0.2, 0.25) is 10.0 Å². The van der Waals surface area contributed by atoms with Crippen molar-refractivity contribution >= 4 is 43.5 Å². The number of likely N-dealkylation sites (tertiary alicyclic amines) is 1. The molecule has 2 aromatic heterocycles. The highest BCUT2D eigenvalue weighted by Gasteiger charge is 2.24. The van der Waals surface area contributed by atoms with Gasteiger partial charge in [0.25, 0.3) is 0 Å². The van der Waals surface area contributed by atoms with Gasteiger partial charge in [-0.15, -0.1) is 0 Å². The first-order valence-corrected chi connectivity index (χ1v) is 17.6. The highest BCUT2D eigenvalue weighted by molar-refractivity contribution is 7.91. The Hall–Kier alpha value is -4.29. The Morgan fingerprint density at radius 1 is 1.02 bits per heavy atom. The normalized spacial score (nSPS) is 15.7. The first-order valence-electron chi connectivity index (χ1n) is 16.0. The number of hydrogen-bond donors (Lipinski definition) is 2. The number of aromatic nitrogens is 2. The number of fused-ring (bicyclic) bond motifs is 2. The fraction of sp³-hybridized carbons (Fsp3) is 0.333. The van der Waals surface area contributed by atoms with Crippen LogP contribution >= 0.6 is 0 Å². The quantitative estimate of drug-likeness (QED) is 0.167. The van der Waals surface area contributed by atoms with E-state index < -0.39 is 16.0 Å². The summed E-state index contributed by atoms with van der Waals surface area (Å²) in [4.78, 5) is 20.9. The minimum atomic E-state index is -3.70. The second-order valence-corrected chi connectivity index (χ2v) is 13.9. The molecule has 3 aromatic carbocycles. The van der Waals surface area contributed by atoms with E-state index >= 15 is 0 Å². The lowest BCUT2D eigenvalue weighted by Crippen LogP contribution is -2.39. The van der Waals surface area contributed by atoms with Gasteiger partial charge in [0.05, 0.1) is 31.2 Å². The highest BCUT2D eigenvalue weighted by atomic mass is 32.2. The molecule has 1 aliphatic rings. The lowest BCUT2D eigenvalue weighted by molar-refractivity contribution is 0.0321. The van der Waals surface area contributed by atoms with Crippen molar-refractivity contribution in [1.29, 1.82) is 0 Å². The Balaban J connectivity index is 1.31. The molecular formula is C36H41N5O5S. The van der Waals surface area contributed by atoms with Crippen LogP contribution in [0.1, 0.15) is 40.2 Å². The molecule has 1 atom stereocenters. The fourth-order valence-electron chi connectivity index (χ4n) is 6.35. The predicted octanol–water partition coefficient (Wildman–Crippen LogP) is 5.15. The van der Waals surface area contributed by atoms with Crippen molar-refractivity contribution in [1.82, 2.24) is 14.5 Å². The number of benzene rings is 3. The number of sulfonamides is 1. The zero-order chi connectivity index (χ0) is 32.8. The summed E-state index contributed by atoms with van der Waals surface area (Å²) in [5.74, 6) is -0.324. The summed E-state index contributed by atoms with van der Waals surface area (Å²) >= 11 is 0. The number of nitrogens with one attached hydrogen (secondary N) is 1. The second kappa shape index (κ2) is 14.6. The third-order valence-electron chi connectivity index (χ3n) is 8.63. The first-order chi connectivity index (χ1) is 22.8. The van der Waals surface area contributed by atoms with E-state index in [0.717, 1.165) is 54.2 Å². The van der Waals surface area contributed by atoms with E-state index in [-0.39, 0.29) is 24.8 Å². The third kappa shape index (κ3) is 7.99. The van der Waals surface area contributed by atoms with Crippen LogP contribution < -0.4 is 10.5 Å². The molecule has 11 heteroatoms. The van der Waals surface area contributed by atoms with E-state index in [4.69, 9.17) is 20.2 Å². The largest absolute Gasteiger partial charge is 0.461 e. The maximum atomic E-state index is 13.7. The lowest BCUT2D eigenvalue weighted by atomic mass is 9.99. The Labute approximate surface area is 275 Å². The number of carbonyl (C=O) groups is 1. The Kier molecular flexibility index (Phi) is 10.2. The molecule has 6 rings (SSSR count). The predicted molar refractivity (Wildman–Crippen MR) is 185 cm³/mol. The van der Waals surface area contributed by atoms with Gasteiger partial charge in [0.15, 0.2) is 0 Å². The van der Waals surface area contributed by atoms with Crippen LogP contribution in [0.4, 0.5) is 5.69 Å². The summed E-state index contributed by atoms with van der Waals surface area (Å²) in [5.41, 5.74) is 9.61. The molecule has 47 heavy (non-hydrogen) atoms. The zero-order valence-corrected chi connectivity index (χ0v) is 27.4. The van der Waals surface area contributed by atoms with Crippen molar-refractivity contribution in [3.05, 3.63) is 107 Å². The van der Waals surface area contributed by atoms with Gasteiger partial charge in [0, 0.05) is 43.7 Å². The van der Waals surface area contributed by atoms with Crippen molar-refractivity contribution in [2.45, 2.75) is 31.7 Å². The molecule has 0 unspecified atom stereocenters. The average molecular weight is 656 g/mol. The molecule has 0 spiro atoms. The van der Waals surface area contributed by atoms with E-state index in [2.05, 4.69) is 9.62 Å². The summed E-state index contributed by atoms with van der Waals surface area (Å²) in [6.07, 6.45) is 2.05. The minimum absolute atomic E-state index is 0.148. The van der Waals surface area contributed by atoms with Crippen LogP contribution in [0.25, 0.3) is 21.8 Å². The van der Waals surface area contributed by atoms with Crippen LogP contribution in [0, 0.1) is 5.92 Å². The fourth-order valence-corrected chi connectivity index (χ4v) is 7.53. The number of ether oxygens (including phenoxy) is 2. The van der Waals surface area contributed by atoms with Gasteiger partial charge < -0.3 is 24.7 Å². The van der Waals surface area contributed by atoms with Gasteiger partial charge in [-0.3, -0.25) is 4.72 Å². The van der Waals surface area contributed by atoms with E-state index in [1.165, 1.54) is 0 Å². The third-order valence-corrected chi connectivity index (χ3v) is 9.89. The molecule has 0 aliphatic carbocycles. The molecule has 1 aliphatic heterocycles. The molecule has 1 saturated heterocycles. The van der Waals surface area contributed by atoms with Gasteiger partial charge in [-0.25, -0.2) is 18.2 Å². The Morgan fingerprint density at radius 3 is 2.64 bits per heavy atom. The summed E-state index contributed by atoms with van der Waals surface area (Å²) < 4.78 is 42.2. The molecule has 0 bridgehead atoms. The molecule has 0 radical (unpaired) electrons. The Bertz CT molecular complexity index is 1960. The lowest BCUT2D eigenvalue weighted by Gasteiger charge is -2.32. The SMILES string of the molecule is COCCN1CCC[C@H](COC(=O)c2cc3ccc(CN)nc3n2Cc2cc(NS(=O)(=O)Cc3ccccc3)cc3ccccc23)C1. The highest BCUT2D eigenvalue weighted by Crippen LogP contribution is 2.29. The number of esters is 1. The van der Waals surface area contributed by atoms with Crippen molar-refractivity contribution in [2.24, 2.45) is 11.7 Å². The van der Waals surface area contributed by atoms with E-state index in [0.29, 0.717) is 41.5 Å². The van der Waals surface area contributed by atoms with Gasteiger partial charge in [-0.1, -0.05) is 54.6 Å². The molecular weight excluding hydrogens is 614 g/mol. The van der Waals surface area contributed by atoms with Crippen molar-refractivity contribution in [2.75, 3.05) is 44.7 Å². The van der Waals surface area contributed by atoms with E-state index in [1.807, 2.05) is 77.4 Å². The van der Waals surface area contributed by atoms with Crippen molar-refractivity contribution < 1.29 is 22.7 Å². The monoisotopic (exact) mass is 655 g/mol. The number of anilines is 1. The number of nitrogens with two attached hydrogens (primary N) is 1. The van der Waals surface area contributed by atoms with Crippen LogP contribution in [0.3, 0.4) is 0 Å². The number of pyridine rings is 1. The summed E-state index contributed by atoms with van der Waals surface area (Å²) in [6.45, 7) is 4.26. The van der Waals surface area contributed by atoms with Crippen LogP contribution in [-0.4, -0.2) is 68.8 Å². The van der Waals surface area contributed by atoms with Gasteiger partial charge >= 0.3 is 5.97 Å². The maximum absolute atomic E-state index is 13.7. The van der Waals surface area contributed by atoms with Gasteiger partial charge in [-0.05, 0) is 71.6 Å². The van der Waals surface area contributed by atoms with Gasteiger partial charge in [-0.2, -0.15) is 0 Å². The van der Waals surface area contributed by atoms with Gasteiger partial charge in [0.1, 0.15) is 11.3 Å². The zero-order valence-electron chi connectivity index (χ0n) is 26.6. The standard InChI is InChI=1S/C36H41N5O5S/c1-45-17-16-40-15-7-10-27(22-40)24-46-36(42)34-20-29-13-14-31(21-37)38-35(29)41(34)23-30-19-32(18-28-11-5-6-12-33(28)30)39-47(43,44)25-26-8-3-2-4-9-26/h2-6,8-9,11-14,18-20,27,39H,7,10,15-17,21-25,37H2,1H3/t27-/m0/s1. The first kappa shape index (κ1) is 32.6. The number of rotatable bonds is 13. The molecule has 0 saturated carbocycles. The van der Waals surface area contributed by atoms with Crippen molar-refractivity contribution in [3.8, 4) is 0 Å². The molecule has 1 fully saturated rings. The average Bonchev–Trinajstić information content (AvgIpc) is 3.43. The number of hydrogen-bond acceptors (Lipinski definition) is 8. The molecule has 0 amide bonds. The molecule has 246 valence electrons. The molecule has 3 N–H and O–H groups in total. The molecule has 3 heterocycles. The number of carbonyl (C=O) groups excluding carboxylic acids is 1. The van der Waals surface area contributed by atoms with Crippen LogP contribution in [0.2, 0.25) is 0 Å². The van der Waals surface area contributed by atoms with Crippen LogP contribution in [0.15, 0.2) is 84.9 Å². The molecule has 5 aromatic rings. The summed E-state index contributed by atoms with van der Waals surface area (Å²) in [7, 11) is -1.99. The molecule has 10 nitrogen and oxygen atoms in total. The van der Waals surface area contributed by atoms with Crippen molar-refractivity contribution in [3.63, 3.8) is 0 Å². The Morgan fingerprint density at radius 2 is 1.83 bits per heavy atom.